The van der Waals surface area contributed by atoms with Crippen LogP contribution in [0, 0.1) is 0 Å². The van der Waals surface area contributed by atoms with Crippen LogP contribution in [-0.4, -0.2) is 15.0 Å². The van der Waals surface area contributed by atoms with Gasteiger partial charge < -0.3 is 15.0 Å². The highest BCUT2D eigenvalue weighted by Crippen LogP contribution is 2.43. The van der Waals surface area contributed by atoms with Crippen molar-refractivity contribution < 1.29 is 0 Å². The third kappa shape index (κ3) is 5.12. The van der Waals surface area contributed by atoms with Crippen molar-refractivity contribution in [2.75, 3.05) is 0 Å². The smallest absolute Gasteiger partial charge is 0.0559 e. The molecule has 9 aromatic rings. The molecule has 0 radical (unpaired) electrons. The number of thiophene rings is 1. The Bertz CT molecular complexity index is 2780. The molecule has 5 heterocycles. The van der Waals surface area contributed by atoms with Crippen molar-refractivity contribution in [3.63, 3.8) is 0 Å². The Morgan fingerprint density at radius 1 is 0.346 bits per heavy atom. The molecule has 52 heavy (non-hydrogen) atoms. The van der Waals surface area contributed by atoms with E-state index in [0.717, 1.165) is 11.0 Å². The second-order valence-electron chi connectivity index (χ2n) is 19.5. The average Bonchev–Trinajstić information content (AvgIpc) is 3.84. The second kappa shape index (κ2) is 10.5. The molecule has 3 N–H and O–H groups in total. The van der Waals surface area contributed by atoms with Crippen molar-refractivity contribution in [3.05, 3.63) is 95.1 Å². The zero-order valence-electron chi connectivity index (χ0n) is 32.8. The minimum Gasteiger partial charge on any atom is -0.354 e. The number of nitrogens with one attached hydrogen (secondary N) is 3. The van der Waals surface area contributed by atoms with Gasteiger partial charge in [0.2, 0.25) is 0 Å². The van der Waals surface area contributed by atoms with E-state index >= 15 is 0 Å². The molecule has 9 rings (SSSR count). The number of rotatable bonds is 0. The maximum absolute atomic E-state index is 4.05. The van der Waals surface area contributed by atoms with E-state index in [2.05, 4.69) is 171 Å². The van der Waals surface area contributed by atoms with Crippen LogP contribution in [0.15, 0.2) is 72.8 Å². The fourth-order valence-electron chi connectivity index (χ4n) is 8.05. The van der Waals surface area contributed by atoms with Crippen LogP contribution >= 0.6 is 11.3 Å². The standard InChI is InChI=1S/C48H51N3S/c1-45(2,3)27-15-25-17-37-33-21-29(47(7,8)9)19-31-32-20-30(48(10,11)12)22-34(44(32)51-43(31)33)38-18-26-16-28(46(4,5)6)24-36(42(26)50-38)40-14-13-39(52-40)35(23-27)41(25)49-37/h13-24,49-51H,1-12H3. The van der Waals surface area contributed by atoms with Gasteiger partial charge in [-0.1, -0.05) is 83.1 Å². The summed E-state index contributed by atoms with van der Waals surface area (Å²) in [5.41, 5.74) is 12.3. The lowest BCUT2D eigenvalue weighted by Crippen LogP contribution is -2.11. The van der Waals surface area contributed by atoms with E-state index in [1.165, 1.54) is 96.8 Å². The van der Waals surface area contributed by atoms with Crippen molar-refractivity contribution in [1.29, 1.82) is 0 Å². The zero-order chi connectivity index (χ0) is 36.9. The fraction of sp³-hybridized carbons (Fsp3) is 0.333. The van der Waals surface area contributed by atoms with Gasteiger partial charge in [-0.2, -0.15) is 0 Å². The highest BCUT2D eigenvalue weighted by Gasteiger charge is 2.24. The van der Waals surface area contributed by atoms with Crippen molar-refractivity contribution in [1.82, 2.24) is 15.0 Å². The molecule has 0 saturated heterocycles. The summed E-state index contributed by atoms with van der Waals surface area (Å²) in [5, 5.41) is 10.0. The van der Waals surface area contributed by atoms with Gasteiger partial charge in [-0.25, -0.2) is 0 Å². The van der Waals surface area contributed by atoms with Crippen LogP contribution in [0.2, 0.25) is 0 Å². The Labute approximate surface area is 310 Å². The molecule has 0 fully saturated rings. The molecule has 3 nitrogen and oxygen atoms in total. The lowest BCUT2D eigenvalue weighted by molar-refractivity contribution is 0.591. The van der Waals surface area contributed by atoms with Gasteiger partial charge in [-0.15, -0.1) is 11.3 Å². The summed E-state index contributed by atoms with van der Waals surface area (Å²) in [5.74, 6) is 0. The maximum Gasteiger partial charge on any atom is 0.0559 e. The first-order chi connectivity index (χ1) is 24.2. The minimum atomic E-state index is -0.0297. The van der Waals surface area contributed by atoms with Gasteiger partial charge >= 0.3 is 0 Å². The van der Waals surface area contributed by atoms with E-state index in [4.69, 9.17) is 0 Å². The summed E-state index contributed by atoms with van der Waals surface area (Å²) in [6.45, 7) is 27.9. The normalized spacial score (nSPS) is 13.8. The summed E-state index contributed by atoms with van der Waals surface area (Å²) < 4.78 is 2.56. The van der Waals surface area contributed by atoms with Gasteiger partial charge in [0.25, 0.3) is 0 Å². The molecule has 0 unspecified atom stereocenters. The number of hydrogen-bond donors (Lipinski definition) is 3. The number of fused-ring (bicyclic) bond motifs is 9. The topological polar surface area (TPSA) is 47.4 Å². The van der Waals surface area contributed by atoms with E-state index in [0.29, 0.717) is 0 Å². The van der Waals surface area contributed by atoms with Crippen LogP contribution < -0.4 is 0 Å². The summed E-state index contributed by atoms with van der Waals surface area (Å²) in [7, 11) is 0. The van der Waals surface area contributed by atoms with Crippen molar-refractivity contribution >= 4 is 96.9 Å². The van der Waals surface area contributed by atoms with E-state index in [1.807, 2.05) is 11.3 Å². The molecule has 5 aromatic heterocycles. The summed E-state index contributed by atoms with van der Waals surface area (Å²) in [4.78, 5) is 12.1. The third-order valence-electron chi connectivity index (χ3n) is 11.5. The van der Waals surface area contributed by atoms with Crippen LogP contribution in [0.3, 0.4) is 0 Å². The Balaban J connectivity index is 1.62. The SMILES string of the molecule is CC(C)(C)c1cc2cc3[nH]c2c(c1)c1ccc(s1)c1cc(C(C)(C)C)cc2cc([nH]c21)c1cc(C(C)(C)C)cc2c4cc(C(C)(C)C)cc3c4[nH]c12. The highest BCUT2D eigenvalue weighted by atomic mass is 32.1. The fourth-order valence-corrected chi connectivity index (χ4v) is 9.11. The second-order valence-corrected chi connectivity index (χ2v) is 20.6. The molecule has 0 spiro atoms. The van der Waals surface area contributed by atoms with Gasteiger partial charge in [-0.3, -0.25) is 0 Å². The average molecular weight is 702 g/mol. The van der Waals surface area contributed by atoms with E-state index in [-0.39, 0.29) is 21.7 Å². The lowest BCUT2D eigenvalue weighted by Gasteiger charge is -2.20. The Morgan fingerprint density at radius 3 is 1.04 bits per heavy atom. The number of benzene rings is 4. The molecule has 0 aliphatic heterocycles. The summed E-state index contributed by atoms with van der Waals surface area (Å²) >= 11 is 1.90. The zero-order valence-corrected chi connectivity index (χ0v) is 33.7. The number of aromatic amines is 3. The molecule has 4 heteroatoms. The Morgan fingerprint density at radius 2 is 0.673 bits per heavy atom. The number of H-pyrrole nitrogens is 3. The van der Waals surface area contributed by atoms with Crippen molar-refractivity contribution in [3.8, 4) is 0 Å². The Kier molecular flexibility index (Phi) is 6.75. The van der Waals surface area contributed by atoms with Crippen LogP contribution in [-0.2, 0) is 21.7 Å². The molecule has 0 saturated carbocycles. The third-order valence-corrected chi connectivity index (χ3v) is 12.6. The molecule has 0 aliphatic carbocycles. The lowest BCUT2D eigenvalue weighted by atomic mass is 9.84. The highest BCUT2D eigenvalue weighted by molar-refractivity contribution is 7.25. The van der Waals surface area contributed by atoms with E-state index in [1.54, 1.807) is 0 Å². The van der Waals surface area contributed by atoms with Crippen LogP contribution in [0.25, 0.3) is 85.6 Å². The largest absolute Gasteiger partial charge is 0.354 e. The molecule has 4 aromatic carbocycles. The molecular weight excluding hydrogens is 651 g/mol. The molecule has 264 valence electrons. The molecule has 0 amide bonds. The van der Waals surface area contributed by atoms with Crippen LogP contribution in [0.4, 0.5) is 0 Å². The number of aromatic nitrogens is 3. The van der Waals surface area contributed by atoms with Gasteiger partial charge in [-0.05, 0) is 117 Å². The quantitative estimate of drug-likeness (QED) is 0.141. The summed E-state index contributed by atoms with van der Waals surface area (Å²) in [6.07, 6.45) is 0. The van der Waals surface area contributed by atoms with Crippen molar-refractivity contribution in [2.45, 2.75) is 105 Å². The number of hydrogen-bond acceptors (Lipinski definition) is 1. The summed E-state index contributed by atoms with van der Waals surface area (Å²) in [6, 6.07) is 28.9. The van der Waals surface area contributed by atoms with Crippen molar-refractivity contribution in [2.24, 2.45) is 0 Å². The van der Waals surface area contributed by atoms with Crippen LogP contribution in [0.5, 0.6) is 0 Å². The maximum atomic E-state index is 4.05. The van der Waals surface area contributed by atoms with Gasteiger partial charge in [0, 0.05) is 63.5 Å². The minimum absolute atomic E-state index is 0.00479. The van der Waals surface area contributed by atoms with Crippen LogP contribution in [0.1, 0.15) is 105 Å². The van der Waals surface area contributed by atoms with Gasteiger partial charge in [0.1, 0.15) is 0 Å². The molecule has 0 aliphatic rings. The predicted molar refractivity (Wildman–Crippen MR) is 231 cm³/mol. The first-order valence-electron chi connectivity index (χ1n) is 18.8. The van der Waals surface area contributed by atoms with Gasteiger partial charge in [0.05, 0.1) is 22.1 Å². The van der Waals surface area contributed by atoms with E-state index < -0.39 is 0 Å². The Hall–Kier alpha value is -4.54. The molecule has 8 bridgehead atoms. The van der Waals surface area contributed by atoms with E-state index in [9.17, 15) is 0 Å². The first-order valence-corrected chi connectivity index (χ1v) is 19.7. The molecular formula is C48H51N3S. The van der Waals surface area contributed by atoms with Gasteiger partial charge in [0.15, 0.2) is 0 Å². The molecule has 0 atom stereocenters. The predicted octanol–water partition coefficient (Wildman–Crippen LogP) is 14.7. The monoisotopic (exact) mass is 701 g/mol. The first kappa shape index (κ1) is 33.3.